The monoisotopic (exact) mass is 312 g/mol. The molecule has 0 amide bonds. The molecule has 3 rings (SSSR count). The van der Waals surface area contributed by atoms with Crippen LogP contribution in [0.25, 0.3) is 21.9 Å². The van der Waals surface area contributed by atoms with Crippen LogP contribution in [0.2, 0.25) is 0 Å². The second-order valence-electron chi connectivity index (χ2n) is 4.64. The molecule has 0 nitrogen and oxygen atoms in total. The number of rotatable bonds is 1. The zero-order valence-corrected chi connectivity index (χ0v) is 10.7. The van der Waals surface area contributed by atoms with Crippen LogP contribution < -0.4 is 0 Å². The van der Waals surface area contributed by atoms with Crippen molar-refractivity contribution in [2.75, 3.05) is 0 Å². The minimum absolute atomic E-state index is 0.244. The molecule has 0 heterocycles. The van der Waals surface area contributed by atoms with Crippen LogP contribution in [0.1, 0.15) is 0 Å². The van der Waals surface area contributed by atoms with Gasteiger partial charge in [0.25, 0.3) is 0 Å². The minimum atomic E-state index is -1.81. The largest absolute Gasteiger partial charge is 0.206 e. The summed E-state index contributed by atoms with van der Waals surface area (Å²) in [5.41, 5.74) is -0.778. The smallest absolute Gasteiger partial charge is 0.195 e. The van der Waals surface area contributed by atoms with E-state index in [1.54, 1.807) is 0 Å². The van der Waals surface area contributed by atoms with E-state index < -0.39 is 45.9 Å². The van der Waals surface area contributed by atoms with E-state index in [1.165, 1.54) is 0 Å². The van der Waals surface area contributed by atoms with E-state index >= 15 is 0 Å². The number of hydrogen-bond donors (Lipinski definition) is 0. The quantitative estimate of drug-likeness (QED) is 0.420. The lowest BCUT2D eigenvalue weighted by molar-refractivity contribution is 0.451. The van der Waals surface area contributed by atoms with Crippen molar-refractivity contribution in [3.05, 3.63) is 71.3 Å². The summed E-state index contributed by atoms with van der Waals surface area (Å²) in [5, 5.41) is -1.12. The molecule has 0 saturated carbocycles. The number of halogens is 6. The van der Waals surface area contributed by atoms with E-state index in [4.69, 9.17) is 0 Å². The molecule has 0 unspecified atom stereocenters. The van der Waals surface area contributed by atoms with Crippen LogP contribution in [-0.4, -0.2) is 0 Å². The van der Waals surface area contributed by atoms with Crippen LogP contribution in [0.15, 0.2) is 36.4 Å². The molecule has 0 bridgehead atoms. The Labute approximate surface area is 120 Å². The van der Waals surface area contributed by atoms with E-state index in [0.717, 1.165) is 24.3 Å². The van der Waals surface area contributed by atoms with Gasteiger partial charge >= 0.3 is 0 Å². The summed E-state index contributed by atoms with van der Waals surface area (Å²) in [4.78, 5) is 0. The fraction of sp³-hybridized carbons (Fsp3) is 0. The van der Waals surface area contributed by atoms with Gasteiger partial charge in [0, 0.05) is 0 Å². The third-order valence-corrected chi connectivity index (χ3v) is 3.28. The molecule has 0 saturated heterocycles. The predicted octanol–water partition coefficient (Wildman–Crippen LogP) is 5.34. The van der Waals surface area contributed by atoms with Gasteiger partial charge in [0.1, 0.15) is 17.5 Å². The Morgan fingerprint density at radius 3 is 1.86 bits per heavy atom. The first kappa shape index (κ1) is 14.4. The fourth-order valence-electron chi connectivity index (χ4n) is 2.31. The zero-order valence-electron chi connectivity index (χ0n) is 10.7. The highest BCUT2D eigenvalue weighted by Crippen LogP contribution is 2.33. The van der Waals surface area contributed by atoms with E-state index in [2.05, 4.69) is 0 Å². The van der Waals surface area contributed by atoms with Gasteiger partial charge < -0.3 is 0 Å². The van der Waals surface area contributed by atoms with Crippen molar-refractivity contribution in [1.82, 2.24) is 0 Å². The average molecular weight is 312 g/mol. The molecule has 3 aromatic rings. The van der Waals surface area contributed by atoms with Gasteiger partial charge in [-0.2, -0.15) is 0 Å². The lowest BCUT2D eigenvalue weighted by atomic mass is 9.99. The highest BCUT2D eigenvalue weighted by Gasteiger charge is 2.19. The summed E-state index contributed by atoms with van der Waals surface area (Å²) in [6, 6.07) is 5.29. The van der Waals surface area contributed by atoms with Gasteiger partial charge in [-0.15, -0.1) is 0 Å². The second-order valence-corrected chi connectivity index (χ2v) is 4.64. The van der Waals surface area contributed by atoms with Crippen LogP contribution in [-0.2, 0) is 0 Å². The summed E-state index contributed by atoms with van der Waals surface area (Å²) in [6.45, 7) is 0. The minimum Gasteiger partial charge on any atom is -0.206 e. The summed E-state index contributed by atoms with van der Waals surface area (Å²) < 4.78 is 81.4. The van der Waals surface area contributed by atoms with Gasteiger partial charge in [0.2, 0.25) is 0 Å². The van der Waals surface area contributed by atoms with E-state index in [0.29, 0.717) is 12.1 Å². The first-order valence-electron chi connectivity index (χ1n) is 6.11. The van der Waals surface area contributed by atoms with Crippen molar-refractivity contribution < 1.29 is 26.3 Å². The number of fused-ring (bicyclic) bond motifs is 1. The van der Waals surface area contributed by atoms with Gasteiger partial charge in [-0.05, 0) is 41.3 Å². The molecular weight excluding hydrogens is 306 g/mol. The maximum absolute atomic E-state index is 14.0. The fourth-order valence-corrected chi connectivity index (χ4v) is 2.31. The zero-order chi connectivity index (χ0) is 16.0. The lowest BCUT2D eigenvalue weighted by Crippen LogP contribution is -1.97. The first-order chi connectivity index (χ1) is 10.4. The summed E-state index contributed by atoms with van der Waals surface area (Å²) in [5.74, 6) is -8.17. The molecule has 0 N–H and O–H groups in total. The van der Waals surface area contributed by atoms with Crippen molar-refractivity contribution in [1.29, 1.82) is 0 Å². The molecule has 0 radical (unpaired) electrons. The molecule has 0 aliphatic rings. The Morgan fingerprint density at radius 2 is 1.23 bits per heavy atom. The maximum Gasteiger partial charge on any atom is 0.195 e. The Balaban J connectivity index is 2.37. The van der Waals surface area contributed by atoms with Crippen LogP contribution in [0.5, 0.6) is 0 Å². The van der Waals surface area contributed by atoms with E-state index in [1.807, 2.05) is 0 Å². The normalized spacial score (nSPS) is 11.2. The van der Waals surface area contributed by atoms with Gasteiger partial charge in [-0.25, -0.2) is 26.3 Å². The summed E-state index contributed by atoms with van der Waals surface area (Å²) >= 11 is 0. The Morgan fingerprint density at radius 1 is 0.591 bits per heavy atom. The molecule has 3 aromatic carbocycles. The van der Waals surface area contributed by atoms with E-state index in [-0.39, 0.29) is 10.9 Å². The van der Waals surface area contributed by atoms with Crippen LogP contribution in [0.4, 0.5) is 26.3 Å². The Hall–Kier alpha value is -2.50. The predicted molar refractivity (Wildman–Crippen MR) is 69.1 cm³/mol. The van der Waals surface area contributed by atoms with Crippen LogP contribution >= 0.6 is 0 Å². The van der Waals surface area contributed by atoms with Gasteiger partial charge in [0.15, 0.2) is 17.5 Å². The summed E-state index contributed by atoms with van der Waals surface area (Å²) in [7, 11) is 0. The van der Waals surface area contributed by atoms with Gasteiger partial charge in [-0.1, -0.05) is 6.07 Å². The van der Waals surface area contributed by atoms with E-state index in [9.17, 15) is 26.3 Å². The number of hydrogen-bond acceptors (Lipinski definition) is 0. The highest BCUT2D eigenvalue weighted by molar-refractivity contribution is 5.88. The molecule has 0 spiro atoms. The third-order valence-electron chi connectivity index (χ3n) is 3.28. The molecule has 0 aliphatic heterocycles. The molecule has 6 heteroatoms. The van der Waals surface area contributed by atoms with Crippen LogP contribution in [0, 0.1) is 34.9 Å². The second kappa shape index (κ2) is 5.05. The molecule has 0 fully saturated rings. The van der Waals surface area contributed by atoms with Gasteiger partial charge in [0.05, 0.1) is 10.9 Å². The van der Waals surface area contributed by atoms with Crippen molar-refractivity contribution >= 4 is 10.8 Å². The molecule has 112 valence electrons. The summed E-state index contributed by atoms with van der Waals surface area (Å²) in [6.07, 6.45) is 0. The molecular formula is C16H6F6. The Bertz CT molecular complexity index is 881. The highest BCUT2D eigenvalue weighted by atomic mass is 19.2. The SMILES string of the molecule is Fc1cc2cc(-c3c(F)cccc3F)cc(F)c2c(F)c1F. The molecule has 22 heavy (non-hydrogen) atoms. The van der Waals surface area contributed by atoms with Crippen molar-refractivity contribution in [2.45, 2.75) is 0 Å². The molecule has 0 aromatic heterocycles. The molecule has 0 aliphatic carbocycles. The average Bonchev–Trinajstić information content (AvgIpc) is 2.44. The Kier molecular flexibility index (Phi) is 3.31. The number of benzene rings is 3. The topological polar surface area (TPSA) is 0 Å². The first-order valence-corrected chi connectivity index (χ1v) is 6.11. The third kappa shape index (κ3) is 2.11. The van der Waals surface area contributed by atoms with Gasteiger partial charge in [-0.3, -0.25) is 0 Å². The van der Waals surface area contributed by atoms with Crippen LogP contribution in [0.3, 0.4) is 0 Å². The standard InChI is InChI=1S/C16H6F6/c17-9-2-1-3-10(18)13(9)7-4-8-6-12(20)15(21)16(22)14(8)11(19)5-7/h1-6H. The maximum atomic E-state index is 14.0. The van der Waals surface area contributed by atoms with Crippen molar-refractivity contribution in [3.63, 3.8) is 0 Å². The lowest BCUT2D eigenvalue weighted by Gasteiger charge is -2.09. The molecule has 0 atom stereocenters. The van der Waals surface area contributed by atoms with Crippen molar-refractivity contribution in [2.24, 2.45) is 0 Å². The van der Waals surface area contributed by atoms with Crippen molar-refractivity contribution in [3.8, 4) is 11.1 Å².